The van der Waals surface area contributed by atoms with Crippen molar-refractivity contribution in [3.8, 4) is 17.2 Å². The van der Waals surface area contributed by atoms with Gasteiger partial charge in [0, 0.05) is 11.8 Å². The van der Waals surface area contributed by atoms with Crippen molar-refractivity contribution >= 4 is 31.7 Å². The van der Waals surface area contributed by atoms with E-state index in [1.807, 2.05) is 24.3 Å². The number of hydrogen-bond donors (Lipinski definition) is 1. The highest BCUT2D eigenvalue weighted by atomic mass is 32.2. The van der Waals surface area contributed by atoms with E-state index in [9.17, 15) is 13.5 Å². The quantitative estimate of drug-likeness (QED) is 0.601. The largest absolute Gasteiger partial charge is 0.508 e. The van der Waals surface area contributed by atoms with Gasteiger partial charge in [0.25, 0.3) is 0 Å². The van der Waals surface area contributed by atoms with Crippen LogP contribution in [-0.2, 0) is 9.84 Å². The van der Waals surface area contributed by atoms with E-state index in [0.717, 1.165) is 22.6 Å². The number of benzene rings is 3. The molecule has 0 radical (unpaired) electrons. The molecule has 0 spiro atoms. The summed E-state index contributed by atoms with van der Waals surface area (Å²) in [4.78, 5) is 4.61. The third-order valence-electron chi connectivity index (χ3n) is 3.86. The zero-order valence-electron chi connectivity index (χ0n) is 12.7. The van der Waals surface area contributed by atoms with E-state index in [4.69, 9.17) is 4.42 Å². The number of phenolic OH excluding ortho intramolecular Hbond substituents is 1. The molecule has 0 aliphatic heterocycles. The number of rotatable bonds is 2. The predicted molar refractivity (Wildman–Crippen MR) is 91.7 cm³/mol. The smallest absolute Gasteiger partial charge is 0.227 e. The van der Waals surface area contributed by atoms with Gasteiger partial charge in [-0.15, -0.1) is 0 Å². The second-order valence-corrected chi connectivity index (χ2v) is 7.68. The van der Waals surface area contributed by atoms with Gasteiger partial charge in [-0.2, -0.15) is 0 Å². The minimum atomic E-state index is -3.29. The maximum atomic E-state index is 11.6. The van der Waals surface area contributed by atoms with Gasteiger partial charge in [-0.3, -0.25) is 0 Å². The standard InChI is InChI=1S/C18H13NO4S/c1-24(21,22)15-6-7-17-16(10-15)19-18(23-17)13-3-2-12-9-14(20)5-4-11(12)8-13/h2-10,20H,1H3. The maximum absolute atomic E-state index is 11.6. The van der Waals surface area contributed by atoms with Crippen LogP contribution >= 0.6 is 0 Å². The van der Waals surface area contributed by atoms with Crippen molar-refractivity contribution in [2.45, 2.75) is 4.90 Å². The van der Waals surface area contributed by atoms with Gasteiger partial charge in [-0.25, -0.2) is 13.4 Å². The maximum Gasteiger partial charge on any atom is 0.227 e. The molecule has 0 atom stereocenters. The second-order valence-electron chi connectivity index (χ2n) is 5.67. The summed E-state index contributed by atoms with van der Waals surface area (Å²) in [6, 6.07) is 15.4. The van der Waals surface area contributed by atoms with Crippen molar-refractivity contribution in [3.63, 3.8) is 0 Å². The van der Waals surface area contributed by atoms with Crippen molar-refractivity contribution in [2.24, 2.45) is 0 Å². The van der Waals surface area contributed by atoms with Crippen LogP contribution in [0.15, 0.2) is 63.9 Å². The Balaban J connectivity index is 1.85. The highest BCUT2D eigenvalue weighted by molar-refractivity contribution is 7.90. The van der Waals surface area contributed by atoms with Crippen molar-refractivity contribution < 1.29 is 17.9 Å². The molecule has 1 aromatic heterocycles. The predicted octanol–water partition coefficient (Wildman–Crippen LogP) is 3.76. The minimum absolute atomic E-state index is 0.212. The van der Waals surface area contributed by atoms with Gasteiger partial charge < -0.3 is 9.52 Å². The highest BCUT2D eigenvalue weighted by Crippen LogP contribution is 2.29. The zero-order chi connectivity index (χ0) is 16.9. The van der Waals surface area contributed by atoms with E-state index in [1.165, 1.54) is 12.1 Å². The summed E-state index contributed by atoms with van der Waals surface area (Å²) in [5.74, 6) is 0.635. The number of oxazole rings is 1. The lowest BCUT2D eigenvalue weighted by Crippen LogP contribution is -1.95. The Kier molecular flexibility index (Phi) is 3.11. The van der Waals surface area contributed by atoms with Crippen LogP contribution < -0.4 is 0 Å². The lowest BCUT2D eigenvalue weighted by molar-refractivity contribution is 0.476. The molecule has 0 bridgehead atoms. The van der Waals surface area contributed by atoms with E-state index in [-0.39, 0.29) is 10.6 Å². The summed E-state index contributed by atoms with van der Waals surface area (Å²) < 4.78 is 29.0. The number of aromatic nitrogens is 1. The molecule has 4 aromatic rings. The summed E-state index contributed by atoms with van der Waals surface area (Å²) in [6.45, 7) is 0. The molecule has 0 unspecified atom stereocenters. The average Bonchev–Trinajstić information content (AvgIpc) is 2.96. The van der Waals surface area contributed by atoms with Crippen LogP contribution in [0, 0.1) is 0 Å². The van der Waals surface area contributed by atoms with Crippen LogP contribution in [0.2, 0.25) is 0 Å². The Morgan fingerprint density at radius 3 is 2.50 bits per heavy atom. The molecule has 6 heteroatoms. The molecular weight excluding hydrogens is 326 g/mol. The van der Waals surface area contributed by atoms with Crippen molar-refractivity contribution in [3.05, 3.63) is 54.6 Å². The number of sulfone groups is 1. The Labute approximate surface area is 138 Å². The van der Waals surface area contributed by atoms with E-state index in [0.29, 0.717) is 17.0 Å². The zero-order valence-corrected chi connectivity index (χ0v) is 13.5. The SMILES string of the molecule is CS(=O)(=O)c1ccc2oc(-c3ccc4cc(O)ccc4c3)nc2c1. The fraction of sp³-hybridized carbons (Fsp3) is 0.0556. The summed E-state index contributed by atoms with van der Waals surface area (Å²) in [5, 5.41) is 11.4. The monoisotopic (exact) mass is 339 g/mol. The fourth-order valence-corrected chi connectivity index (χ4v) is 3.27. The van der Waals surface area contributed by atoms with Gasteiger partial charge in [-0.1, -0.05) is 12.1 Å². The molecule has 0 saturated heterocycles. The minimum Gasteiger partial charge on any atom is -0.508 e. The lowest BCUT2D eigenvalue weighted by Gasteiger charge is -2.01. The molecule has 1 heterocycles. The van der Waals surface area contributed by atoms with Crippen molar-refractivity contribution in [1.29, 1.82) is 0 Å². The number of hydrogen-bond acceptors (Lipinski definition) is 5. The van der Waals surface area contributed by atoms with E-state index < -0.39 is 9.84 Å². The third-order valence-corrected chi connectivity index (χ3v) is 4.97. The first-order chi connectivity index (χ1) is 11.4. The van der Waals surface area contributed by atoms with Gasteiger partial charge in [0.2, 0.25) is 5.89 Å². The van der Waals surface area contributed by atoms with Crippen molar-refractivity contribution in [2.75, 3.05) is 6.26 Å². The van der Waals surface area contributed by atoms with Crippen LogP contribution in [-0.4, -0.2) is 24.8 Å². The molecule has 24 heavy (non-hydrogen) atoms. The Morgan fingerprint density at radius 1 is 0.958 bits per heavy atom. The highest BCUT2D eigenvalue weighted by Gasteiger charge is 2.13. The molecule has 0 amide bonds. The molecule has 0 aliphatic rings. The number of fused-ring (bicyclic) bond motifs is 2. The second kappa shape index (κ2) is 5.07. The number of phenols is 1. The molecule has 0 saturated carbocycles. The van der Waals surface area contributed by atoms with Gasteiger partial charge in [0.15, 0.2) is 15.4 Å². The lowest BCUT2D eigenvalue weighted by atomic mass is 10.1. The molecule has 1 N–H and O–H groups in total. The third kappa shape index (κ3) is 2.51. The molecule has 3 aromatic carbocycles. The van der Waals surface area contributed by atoms with E-state index in [1.54, 1.807) is 18.2 Å². The topological polar surface area (TPSA) is 80.4 Å². The molecular formula is C18H13NO4S. The first kappa shape index (κ1) is 14.7. The van der Waals surface area contributed by atoms with Gasteiger partial charge in [-0.05, 0) is 53.2 Å². The van der Waals surface area contributed by atoms with Crippen LogP contribution in [0.25, 0.3) is 33.3 Å². The number of aromatic hydroxyl groups is 1. The van der Waals surface area contributed by atoms with E-state index in [2.05, 4.69) is 4.98 Å². The molecule has 5 nitrogen and oxygen atoms in total. The van der Waals surface area contributed by atoms with Crippen LogP contribution in [0.3, 0.4) is 0 Å². The van der Waals surface area contributed by atoms with Gasteiger partial charge in [0.05, 0.1) is 4.90 Å². The van der Waals surface area contributed by atoms with Crippen LogP contribution in [0.4, 0.5) is 0 Å². The van der Waals surface area contributed by atoms with E-state index >= 15 is 0 Å². The van der Waals surface area contributed by atoms with Crippen LogP contribution in [0.1, 0.15) is 0 Å². The summed E-state index contributed by atoms with van der Waals surface area (Å²) >= 11 is 0. The first-order valence-electron chi connectivity index (χ1n) is 7.24. The van der Waals surface area contributed by atoms with Gasteiger partial charge >= 0.3 is 0 Å². The first-order valence-corrected chi connectivity index (χ1v) is 9.13. The molecule has 0 fully saturated rings. The summed E-state index contributed by atoms with van der Waals surface area (Å²) in [6.07, 6.45) is 1.16. The molecule has 4 rings (SSSR count). The Hall–Kier alpha value is -2.86. The number of nitrogens with zero attached hydrogens (tertiary/aromatic N) is 1. The molecule has 0 aliphatic carbocycles. The van der Waals surface area contributed by atoms with Crippen LogP contribution in [0.5, 0.6) is 5.75 Å². The summed E-state index contributed by atoms with van der Waals surface area (Å²) in [5.41, 5.74) is 1.81. The van der Waals surface area contributed by atoms with Gasteiger partial charge in [0.1, 0.15) is 11.3 Å². The molecule has 120 valence electrons. The Morgan fingerprint density at radius 2 is 1.71 bits per heavy atom. The fourth-order valence-electron chi connectivity index (χ4n) is 2.63. The normalized spacial score (nSPS) is 12.0. The van der Waals surface area contributed by atoms with Crippen molar-refractivity contribution in [1.82, 2.24) is 4.98 Å². The average molecular weight is 339 g/mol. The Bertz CT molecular complexity index is 1190. The summed E-state index contributed by atoms with van der Waals surface area (Å²) in [7, 11) is -3.29.